The molecule has 0 radical (unpaired) electrons. The molecule has 2 aliphatic heterocycles. The van der Waals surface area contributed by atoms with Gasteiger partial charge in [0.15, 0.2) is 0 Å². The van der Waals surface area contributed by atoms with E-state index in [1.807, 2.05) is 12.1 Å². The standard InChI is InChI=1S/C26H22FN3O5S/c27-18-3-1-17(2-4-18)22-10-9-21(35-22)15-23-25(32)30(26(33)36-23)16-24(31)28-19-5-7-20(8-6-19)29-11-13-34-14-12-29/h1-10,15H,11-14,16H2,(H,28,31)/b23-15-. The monoisotopic (exact) mass is 507 g/mol. The van der Waals surface area contributed by atoms with E-state index in [-0.39, 0.29) is 10.7 Å². The van der Waals surface area contributed by atoms with Crippen LogP contribution in [0.25, 0.3) is 17.4 Å². The van der Waals surface area contributed by atoms with Crippen molar-refractivity contribution < 1.29 is 27.9 Å². The highest BCUT2D eigenvalue weighted by Gasteiger charge is 2.36. The van der Waals surface area contributed by atoms with Gasteiger partial charge in [-0.1, -0.05) is 0 Å². The summed E-state index contributed by atoms with van der Waals surface area (Å²) in [4.78, 5) is 41.0. The number of anilines is 2. The van der Waals surface area contributed by atoms with Crippen molar-refractivity contribution in [3.05, 3.63) is 77.1 Å². The van der Waals surface area contributed by atoms with Crippen molar-refractivity contribution in [3.63, 3.8) is 0 Å². The highest BCUT2D eigenvalue weighted by atomic mass is 32.2. The SMILES string of the molecule is O=C(CN1C(=O)S/C(=C\c2ccc(-c3ccc(F)cc3)o2)C1=O)Nc1ccc(N2CCOCC2)cc1. The Morgan fingerprint density at radius 1 is 1.00 bits per heavy atom. The molecule has 3 heterocycles. The van der Waals surface area contributed by atoms with Crippen molar-refractivity contribution in [2.75, 3.05) is 43.1 Å². The highest BCUT2D eigenvalue weighted by molar-refractivity contribution is 8.18. The van der Waals surface area contributed by atoms with Crippen LogP contribution in [0.1, 0.15) is 5.76 Å². The Bertz CT molecular complexity index is 1310. The Labute approximate surface area is 210 Å². The number of furan rings is 1. The van der Waals surface area contributed by atoms with E-state index in [2.05, 4.69) is 10.2 Å². The summed E-state index contributed by atoms with van der Waals surface area (Å²) in [7, 11) is 0. The third kappa shape index (κ3) is 5.34. The second-order valence-electron chi connectivity index (χ2n) is 8.17. The molecule has 0 atom stereocenters. The van der Waals surface area contributed by atoms with Crippen LogP contribution in [0.3, 0.4) is 0 Å². The van der Waals surface area contributed by atoms with Crippen LogP contribution in [-0.4, -0.2) is 54.8 Å². The molecule has 2 aromatic carbocycles. The van der Waals surface area contributed by atoms with Crippen LogP contribution in [0.5, 0.6) is 0 Å². The molecule has 3 aromatic rings. The van der Waals surface area contributed by atoms with E-state index < -0.39 is 23.6 Å². The first-order chi connectivity index (χ1) is 17.5. The Kier molecular flexibility index (Phi) is 6.88. The molecule has 184 valence electrons. The topological polar surface area (TPSA) is 92.1 Å². The van der Waals surface area contributed by atoms with Crippen molar-refractivity contribution in [2.24, 2.45) is 0 Å². The maximum atomic E-state index is 13.1. The summed E-state index contributed by atoms with van der Waals surface area (Å²) in [6.07, 6.45) is 1.46. The maximum absolute atomic E-state index is 13.1. The van der Waals surface area contributed by atoms with Crippen molar-refractivity contribution in [1.29, 1.82) is 0 Å². The lowest BCUT2D eigenvalue weighted by Crippen LogP contribution is -2.36. The van der Waals surface area contributed by atoms with Gasteiger partial charge < -0.3 is 19.4 Å². The van der Waals surface area contributed by atoms with Gasteiger partial charge in [0, 0.05) is 36.1 Å². The summed E-state index contributed by atoms with van der Waals surface area (Å²) < 4.78 is 24.2. The van der Waals surface area contributed by atoms with Crippen LogP contribution in [0.15, 0.2) is 70.0 Å². The van der Waals surface area contributed by atoms with Crippen molar-refractivity contribution in [1.82, 2.24) is 4.90 Å². The van der Waals surface area contributed by atoms with E-state index in [1.165, 1.54) is 18.2 Å². The summed E-state index contributed by atoms with van der Waals surface area (Å²) >= 11 is 0.743. The zero-order chi connectivity index (χ0) is 25.1. The average Bonchev–Trinajstić information content (AvgIpc) is 3.46. The minimum atomic E-state index is -0.567. The molecular weight excluding hydrogens is 485 g/mol. The summed E-state index contributed by atoms with van der Waals surface area (Å²) in [6.45, 7) is 2.58. The summed E-state index contributed by atoms with van der Waals surface area (Å²) in [5.74, 6) is -0.533. The van der Waals surface area contributed by atoms with Crippen LogP contribution >= 0.6 is 11.8 Å². The smallest absolute Gasteiger partial charge is 0.294 e. The van der Waals surface area contributed by atoms with Gasteiger partial charge in [-0.05, 0) is 72.4 Å². The molecular formula is C26H22FN3O5S. The zero-order valence-electron chi connectivity index (χ0n) is 19.1. The van der Waals surface area contributed by atoms with E-state index in [1.54, 1.807) is 36.4 Å². The Hall–Kier alpha value is -3.89. The first kappa shape index (κ1) is 23.8. The Morgan fingerprint density at radius 3 is 2.44 bits per heavy atom. The fraction of sp³-hybridized carbons (Fsp3) is 0.192. The number of thioether (sulfide) groups is 1. The van der Waals surface area contributed by atoms with Gasteiger partial charge in [0.25, 0.3) is 11.1 Å². The van der Waals surface area contributed by atoms with E-state index in [0.717, 1.165) is 35.4 Å². The molecule has 0 aliphatic carbocycles. The largest absolute Gasteiger partial charge is 0.457 e. The molecule has 10 heteroatoms. The summed E-state index contributed by atoms with van der Waals surface area (Å²) in [5, 5.41) is 2.19. The van der Waals surface area contributed by atoms with Crippen LogP contribution < -0.4 is 10.2 Å². The van der Waals surface area contributed by atoms with Crippen molar-refractivity contribution in [3.8, 4) is 11.3 Å². The quantitative estimate of drug-likeness (QED) is 0.488. The second kappa shape index (κ2) is 10.4. The average molecular weight is 508 g/mol. The highest BCUT2D eigenvalue weighted by Crippen LogP contribution is 2.33. The number of ether oxygens (including phenoxy) is 1. The number of hydrogen-bond donors (Lipinski definition) is 1. The summed E-state index contributed by atoms with van der Waals surface area (Å²) in [5.41, 5.74) is 2.29. The van der Waals surface area contributed by atoms with Gasteiger partial charge >= 0.3 is 0 Å². The summed E-state index contributed by atoms with van der Waals surface area (Å²) in [6, 6.07) is 16.6. The van der Waals surface area contributed by atoms with Gasteiger partial charge in [0.2, 0.25) is 5.91 Å². The van der Waals surface area contributed by atoms with Crippen molar-refractivity contribution in [2.45, 2.75) is 0 Å². The van der Waals surface area contributed by atoms with E-state index in [9.17, 15) is 18.8 Å². The number of halogens is 1. The first-order valence-corrected chi connectivity index (χ1v) is 12.1. The zero-order valence-corrected chi connectivity index (χ0v) is 19.9. The number of benzene rings is 2. The predicted octanol–water partition coefficient (Wildman–Crippen LogP) is 4.60. The molecule has 3 amide bonds. The first-order valence-electron chi connectivity index (χ1n) is 11.3. The molecule has 2 saturated heterocycles. The molecule has 0 bridgehead atoms. The molecule has 8 nitrogen and oxygen atoms in total. The van der Waals surface area contributed by atoms with E-state index in [0.29, 0.717) is 36.0 Å². The molecule has 2 fully saturated rings. The predicted molar refractivity (Wildman–Crippen MR) is 135 cm³/mol. The number of carbonyl (C=O) groups excluding carboxylic acids is 3. The number of morpholine rings is 1. The molecule has 2 aliphatic rings. The molecule has 5 rings (SSSR count). The van der Waals surface area contributed by atoms with E-state index >= 15 is 0 Å². The molecule has 0 unspecified atom stereocenters. The van der Waals surface area contributed by atoms with Crippen LogP contribution in [0, 0.1) is 5.82 Å². The third-order valence-corrected chi connectivity index (χ3v) is 6.64. The molecule has 36 heavy (non-hydrogen) atoms. The molecule has 1 aromatic heterocycles. The number of nitrogens with one attached hydrogen (secondary N) is 1. The van der Waals surface area contributed by atoms with Gasteiger partial charge in [-0.15, -0.1) is 0 Å². The number of nitrogens with zero attached hydrogens (tertiary/aromatic N) is 2. The number of amides is 3. The van der Waals surface area contributed by atoms with Crippen LogP contribution in [-0.2, 0) is 14.3 Å². The minimum absolute atomic E-state index is 0.155. The lowest BCUT2D eigenvalue weighted by Gasteiger charge is -2.28. The Balaban J connectivity index is 1.20. The molecule has 0 spiro atoms. The number of carbonyl (C=O) groups is 3. The fourth-order valence-corrected chi connectivity index (χ4v) is 4.70. The van der Waals surface area contributed by atoms with Gasteiger partial charge in [0.05, 0.1) is 18.1 Å². The number of imide groups is 1. The molecule has 0 saturated carbocycles. The molecule has 1 N–H and O–H groups in total. The normalized spacial score (nSPS) is 17.2. The minimum Gasteiger partial charge on any atom is -0.457 e. The van der Waals surface area contributed by atoms with Crippen LogP contribution in [0.4, 0.5) is 20.6 Å². The third-order valence-electron chi connectivity index (χ3n) is 5.73. The van der Waals surface area contributed by atoms with Gasteiger partial charge in [-0.25, -0.2) is 4.39 Å². The van der Waals surface area contributed by atoms with Gasteiger partial charge in [-0.3, -0.25) is 19.3 Å². The second-order valence-corrected chi connectivity index (χ2v) is 9.16. The van der Waals surface area contributed by atoms with Crippen LogP contribution in [0.2, 0.25) is 0 Å². The van der Waals surface area contributed by atoms with Gasteiger partial charge in [-0.2, -0.15) is 0 Å². The lowest BCUT2D eigenvalue weighted by atomic mass is 10.2. The Morgan fingerprint density at radius 2 is 1.72 bits per heavy atom. The maximum Gasteiger partial charge on any atom is 0.294 e. The lowest BCUT2D eigenvalue weighted by molar-refractivity contribution is -0.127. The number of rotatable bonds is 6. The van der Waals surface area contributed by atoms with E-state index in [4.69, 9.17) is 9.15 Å². The number of hydrogen-bond acceptors (Lipinski definition) is 7. The van der Waals surface area contributed by atoms with Gasteiger partial charge in [0.1, 0.15) is 23.9 Å². The fourth-order valence-electron chi connectivity index (χ4n) is 3.89. The van der Waals surface area contributed by atoms with Crippen molar-refractivity contribution >= 4 is 46.3 Å².